The van der Waals surface area contributed by atoms with Crippen LogP contribution in [0.4, 0.5) is 4.39 Å². The van der Waals surface area contributed by atoms with Gasteiger partial charge in [-0.2, -0.15) is 0 Å². The van der Waals surface area contributed by atoms with Gasteiger partial charge in [-0.15, -0.1) is 0 Å². The van der Waals surface area contributed by atoms with Crippen LogP contribution in [0.25, 0.3) is 11.0 Å². The lowest BCUT2D eigenvalue weighted by molar-refractivity contribution is 0.0940. The van der Waals surface area contributed by atoms with Crippen LogP contribution in [0, 0.1) is 5.82 Å². The molecule has 0 bridgehead atoms. The van der Waals surface area contributed by atoms with Gasteiger partial charge in [-0.3, -0.25) is 4.79 Å². The molecule has 21 heavy (non-hydrogen) atoms. The lowest BCUT2D eigenvalue weighted by atomic mass is 10.1. The Bertz CT molecular complexity index is 797. The number of hydrogen-bond acceptors (Lipinski definition) is 2. The first-order chi connectivity index (χ1) is 10.1. The first-order valence-corrected chi connectivity index (χ1v) is 6.63. The normalized spacial score (nSPS) is 12.3. The van der Waals surface area contributed by atoms with Gasteiger partial charge in [0.15, 0.2) is 0 Å². The number of imidazole rings is 1. The molecule has 3 aromatic rings. The van der Waals surface area contributed by atoms with Crippen molar-refractivity contribution in [3.8, 4) is 0 Å². The summed E-state index contributed by atoms with van der Waals surface area (Å²) in [6.45, 7) is 1.82. The third-order valence-corrected chi connectivity index (χ3v) is 3.38. The van der Waals surface area contributed by atoms with Crippen LogP contribution in [-0.4, -0.2) is 15.9 Å². The summed E-state index contributed by atoms with van der Waals surface area (Å²) in [5.74, 6) is -0.518. The molecule has 0 aliphatic rings. The summed E-state index contributed by atoms with van der Waals surface area (Å²) in [5.41, 5.74) is 2.88. The quantitative estimate of drug-likeness (QED) is 0.775. The summed E-state index contributed by atoms with van der Waals surface area (Å²) >= 11 is 0. The fourth-order valence-electron chi connectivity index (χ4n) is 2.22. The molecule has 0 radical (unpaired) electrons. The van der Waals surface area contributed by atoms with E-state index in [1.165, 1.54) is 12.1 Å². The van der Waals surface area contributed by atoms with Gasteiger partial charge < -0.3 is 10.3 Å². The maximum absolute atomic E-state index is 13.2. The molecule has 4 nitrogen and oxygen atoms in total. The summed E-state index contributed by atoms with van der Waals surface area (Å²) in [6.07, 6.45) is 1.59. The number of amides is 1. The molecule has 1 amide bonds. The first kappa shape index (κ1) is 13.3. The van der Waals surface area contributed by atoms with Gasteiger partial charge in [0.1, 0.15) is 5.82 Å². The molecule has 0 fully saturated rings. The Labute approximate surface area is 121 Å². The van der Waals surface area contributed by atoms with Gasteiger partial charge >= 0.3 is 0 Å². The Kier molecular flexibility index (Phi) is 3.39. The van der Waals surface area contributed by atoms with Crippen molar-refractivity contribution in [1.82, 2.24) is 15.3 Å². The number of hydrogen-bond donors (Lipinski definition) is 2. The molecule has 1 atom stereocenters. The Morgan fingerprint density at radius 2 is 2.14 bits per heavy atom. The van der Waals surface area contributed by atoms with Crippen LogP contribution in [0.3, 0.4) is 0 Å². The number of aromatic amines is 1. The van der Waals surface area contributed by atoms with Crippen LogP contribution in [-0.2, 0) is 0 Å². The van der Waals surface area contributed by atoms with Gasteiger partial charge in [0.25, 0.3) is 5.91 Å². The highest BCUT2D eigenvalue weighted by Crippen LogP contribution is 2.16. The van der Waals surface area contributed by atoms with E-state index in [9.17, 15) is 9.18 Å². The number of fused-ring (bicyclic) bond motifs is 1. The van der Waals surface area contributed by atoms with E-state index >= 15 is 0 Å². The van der Waals surface area contributed by atoms with E-state index in [4.69, 9.17) is 0 Å². The van der Waals surface area contributed by atoms with E-state index in [-0.39, 0.29) is 17.8 Å². The van der Waals surface area contributed by atoms with Crippen molar-refractivity contribution in [2.24, 2.45) is 0 Å². The highest BCUT2D eigenvalue weighted by molar-refractivity contribution is 5.97. The SMILES string of the molecule is CC(NC(=O)c1ccc2nc[nH]c2c1)c1cccc(F)c1. The minimum atomic E-state index is -0.313. The Balaban J connectivity index is 1.79. The van der Waals surface area contributed by atoms with Crippen molar-refractivity contribution in [1.29, 1.82) is 0 Å². The van der Waals surface area contributed by atoms with Gasteiger partial charge in [-0.1, -0.05) is 12.1 Å². The van der Waals surface area contributed by atoms with Crippen LogP contribution < -0.4 is 5.32 Å². The largest absolute Gasteiger partial charge is 0.346 e. The van der Waals surface area contributed by atoms with Crippen LogP contribution in [0.2, 0.25) is 0 Å². The van der Waals surface area contributed by atoms with Gasteiger partial charge in [0.05, 0.1) is 23.4 Å². The van der Waals surface area contributed by atoms with E-state index in [1.807, 2.05) is 6.92 Å². The predicted octanol–water partition coefficient (Wildman–Crippen LogP) is 3.19. The summed E-state index contributed by atoms with van der Waals surface area (Å²) in [5, 5.41) is 2.86. The van der Waals surface area contributed by atoms with Crippen molar-refractivity contribution in [2.45, 2.75) is 13.0 Å². The van der Waals surface area contributed by atoms with Crippen LogP contribution in [0.1, 0.15) is 28.9 Å². The average Bonchev–Trinajstić information content (AvgIpc) is 2.94. The van der Waals surface area contributed by atoms with Gasteiger partial charge in [0, 0.05) is 5.56 Å². The minimum Gasteiger partial charge on any atom is -0.346 e. The molecule has 1 unspecified atom stereocenters. The van der Waals surface area contributed by atoms with Crippen molar-refractivity contribution in [3.05, 3.63) is 65.7 Å². The minimum absolute atomic E-state index is 0.205. The number of nitrogens with zero attached hydrogens (tertiary/aromatic N) is 1. The molecular weight excluding hydrogens is 269 g/mol. The number of aromatic nitrogens is 2. The Morgan fingerprint density at radius 1 is 1.29 bits per heavy atom. The predicted molar refractivity (Wildman–Crippen MR) is 78.4 cm³/mol. The molecule has 2 aromatic carbocycles. The lowest BCUT2D eigenvalue weighted by Gasteiger charge is -2.14. The van der Waals surface area contributed by atoms with Crippen LogP contribution in [0.5, 0.6) is 0 Å². The number of carbonyl (C=O) groups excluding carboxylic acids is 1. The summed E-state index contributed by atoms with van der Waals surface area (Å²) in [7, 11) is 0. The van der Waals surface area contributed by atoms with E-state index < -0.39 is 0 Å². The summed E-state index contributed by atoms with van der Waals surface area (Å²) in [4.78, 5) is 19.3. The molecule has 1 heterocycles. The smallest absolute Gasteiger partial charge is 0.251 e. The van der Waals surface area contributed by atoms with Crippen molar-refractivity contribution in [2.75, 3.05) is 0 Å². The second-order valence-electron chi connectivity index (χ2n) is 4.88. The molecule has 1 aromatic heterocycles. The average molecular weight is 283 g/mol. The zero-order valence-corrected chi connectivity index (χ0v) is 11.4. The van der Waals surface area contributed by atoms with E-state index in [0.29, 0.717) is 5.56 Å². The van der Waals surface area contributed by atoms with Crippen LogP contribution >= 0.6 is 0 Å². The maximum atomic E-state index is 13.2. The highest BCUT2D eigenvalue weighted by Gasteiger charge is 2.12. The standard InChI is InChI=1S/C16H14FN3O/c1-10(11-3-2-4-13(17)7-11)20-16(21)12-5-6-14-15(8-12)19-9-18-14/h2-10H,1H3,(H,18,19)(H,20,21). The number of carbonyl (C=O) groups is 1. The van der Waals surface area contributed by atoms with Gasteiger partial charge in [-0.05, 0) is 42.8 Å². The Morgan fingerprint density at radius 3 is 2.95 bits per heavy atom. The van der Waals surface area contributed by atoms with Gasteiger partial charge in [0.2, 0.25) is 0 Å². The molecule has 0 saturated heterocycles. The Hall–Kier alpha value is -2.69. The highest BCUT2D eigenvalue weighted by atomic mass is 19.1. The maximum Gasteiger partial charge on any atom is 0.251 e. The zero-order chi connectivity index (χ0) is 14.8. The third kappa shape index (κ3) is 2.76. The second kappa shape index (κ2) is 5.36. The molecular formula is C16H14FN3O. The molecule has 0 aliphatic heterocycles. The number of nitrogens with one attached hydrogen (secondary N) is 2. The fraction of sp³-hybridized carbons (Fsp3) is 0.125. The van der Waals surface area contributed by atoms with Crippen molar-refractivity contribution >= 4 is 16.9 Å². The second-order valence-corrected chi connectivity index (χ2v) is 4.88. The summed E-state index contributed by atoms with van der Waals surface area (Å²) < 4.78 is 13.2. The fourth-order valence-corrected chi connectivity index (χ4v) is 2.22. The van der Waals surface area contributed by atoms with Crippen molar-refractivity contribution in [3.63, 3.8) is 0 Å². The monoisotopic (exact) mass is 283 g/mol. The number of H-pyrrole nitrogens is 1. The van der Waals surface area contributed by atoms with Gasteiger partial charge in [-0.25, -0.2) is 9.37 Å². The molecule has 5 heteroatoms. The van der Waals surface area contributed by atoms with Crippen molar-refractivity contribution < 1.29 is 9.18 Å². The molecule has 2 N–H and O–H groups in total. The summed E-state index contributed by atoms with van der Waals surface area (Å²) in [6, 6.07) is 11.2. The van der Waals surface area contributed by atoms with E-state index in [2.05, 4.69) is 15.3 Å². The zero-order valence-electron chi connectivity index (χ0n) is 11.4. The molecule has 0 aliphatic carbocycles. The molecule has 0 saturated carbocycles. The van der Waals surface area contributed by atoms with E-state index in [0.717, 1.165) is 16.6 Å². The number of rotatable bonds is 3. The molecule has 106 valence electrons. The third-order valence-electron chi connectivity index (χ3n) is 3.38. The lowest BCUT2D eigenvalue weighted by Crippen LogP contribution is -2.26. The van der Waals surface area contributed by atoms with E-state index in [1.54, 1.807) is 36.7 Å². The number of halogens is 1. The first-order valence-electron chi connectivity index (χ1n) is 6.63. The number of benzene rings is 2. The molecule has 3 rings (SSSR count). The van der Waals surface area contributed by atoms with Crippen LogP contribution in [0.15, 0.2) is 48.8 Å². The topological polar surface area (TPSA) is 57.8 Å². The molecule has 0 spiro atoms.